The van der Waals surface area contributed by atoms with Crippen molar-refractivity contribution in [3.05, 3.63) is 34.1 Å². The molecule has 5 nitrogen and oxygen atoms in total. The van der Waals surface area contributed by atoms with Crippen molar-refractivity contribution in [3.8, 4) is 0 Å². The van der Waals surface area contributed by atoms with Crippen LogP contribution in [0.5, 0.6) is 0 Å². The second-order valence-electron chi connectivity index (χ2n) is 6.56. The van der Waals surface area contributed by atoms with Crippen LogP contribution in [0.15, 0.2) is 27.7 Å². The van der Waals surface area contributed by atoms with E-state index in [4.69, 9.17) is 0 Å². The lowest BCUT2D eigenvalue weighted by molar-refractivity contribution is -0.121. The summed E-state index contributed by atoms with van der Waals surface area (Å²) in [4.78, 5) is 16.0. The molecule has 0 atom stereocenters. The smallest absolute Gasteiger partial charge is 0.221 e. The number of aryl methyl sites for hydroxylation is 1. The summed E-state index contributed by atoms with van der Waals surface area (Å²) in [7, 11) is 1.70. The van der Waals surface area contributed by atoms with Gasteiger partial charge >= 0.3 is 0 Å². The Morgan fingerprint density at radius 2 is 1.96 bits per heavy atom. The van der Waals surface area contributed by atoms with Gasteiger partial charge in [-0.3, -0.25) is 9.79 Å². The molecule has 1 aromatic carbocycles. The van der Waals surface area contributed by atoms with Crippen LogP contribution in [0, 0.1) is 5.82 Å². The minimum atomic E-state index is -0.185. The number of amides is 1. The van der Waals surface area contributed by atoms with Gasteiger partial charge in [0.2, 0.25) is 5.91 Å². The average Bonchev–Trinajstić information content (AvgIpc) is 3.11. The predicted octanol–water partition coefficient (Wildman–Crippen LogP) is 3.75. The number of halogens is 3. The summed E-state index contributed by atoms with van der Waals surface area (Å²) in [6, 6.07) is 5.50. The van der Waals surface area contributed by atoms with Crippen molar-refractivity contribution < 1.29 is 9.18 Å². The number of aliphatic imine (C=N–C) groups is 1. The van der Waals surface area contributed by atoms with E-state index in [-0.39, 0.29) is 35.7 Å². The van der Waals surface area contributed by atoms with Gasteiger partial charge in [0.15, 0.2) is 5.96 Å². The maximum Gasteiger partial charge on any atom is 0.221 e. The summed E-state index contributed by atoms with van der Waals surface area (Å²) < 4.78 is 14.5. The lowest BCUT2D eigenvalue weighted by atomic mass is 10.1. The Bertz CT molecular complexity index is 624. The molecule has 0 saturated heterocycles. The van der Waals surface area contributed by atoms with Crippen molar-refractivity contribution in [2.24, 2.45) is 4.99 Å². The maximum absolute atomic E-state index is 13.8. The van der Waals surface area contributed by atoms with Crippen molar-refractivity contribution >= 4 is 51.8 Å². The second-order valence-corrected chi connectivity index (χ2v) is 7.48. The van der Waals surface area contributed by atoms with Gasteiger partial charge in [0.1, 0.15) is 5.82 Å². The van der Waals surface area contributed by atoms with Crippen LogP contribution in [0.1, 0.15) is 44.1 Å². The summed E-state index contributed by atoms with van der Waals surface area (Å²) in [6.45, 7) is 1.23. The van der Waals surface area contributed by atoms with Crippen LogP contribution < -0.4 is 16.0 Å². The molecule has 0 bridgehead atoms. The van der Waals surface area contributed by atoms with Gasteiger partial charge in [-0.15, -0.1) is 24.0 Å². The Morgan fingerprint density at radius 1 is 1.26 bits per heavy atom. The first-order valence-corrected chi connectivity index (χ1v) is 10.1. The van der Waals surface area contributed by atoms with Gasteiger partial charge in [0, 0.05) is 37.1 Å². The van der Waals surface area contributed by atoms with E-state index in [1.54, 1.807) is 13.1 Å². The fourth-order valence-corrected chi connectivity index (χ4v) is 3.43. The van der Waals surface area contributed by atoms with Crippen molar-refractivity contribution in [1.29, 1.82) is 0 Å². The zero-order chi connectivity index (χ0) is 18.8. The first kappa shape index (κ1) is 24.1. The van der Waals surface area contributed by atoms with Crippen molar-refractivity contribution in [2.75, 3.05) is 20.1 Å². The number of nitrogens with one attached hydrogen (secondary N) is 3. The summed E-state index contributed by atoms with van der Waals surface area (Å²) in [5.41, 5.74) is 0.710. The zero-order valence-electron chi connectivity index (χ0n) is 15.7. The number of nitrogens with zero attached hydrogens (tertiary/aromatic N) is 1. The number of carbonyl (C=O) groups excluding carboxylic acids is 1. The number of carbonyl (C=O) groups is 1. The standard InChI is InChI=1S/C19H28BrFN4O.HI/c1-22-19(24-12-10-18(26)25-16-6-2-3-7-16)23-11-4-5-14-8-9-15(20)13-17(14)21;/h8-9,13,16H,2-7,10-12H2,1H3,(H,25,26)(H2,22,23,24);1H. The largest absolute Gasteiger partial charge is 0.356 e. The molecule has 1 aromatic rings. The van der Waals surface area contributed by atoms with E-state index in [1.165, 1.54) is 18.9 Å². The van der Waals surface area contributed by atoms with Crippen LogP contribution in [-0.2, 0) is 11.2 Å². The maximum atomic E-state index is 13.8. The monoisotopic (exact) mass is 554 g/mol. The fourth-order valence-electron chi connectivity index (χ4n) is 3.10. The molecule has 0 heterocycles. The SMILES string of the molecule is CN=C(NCCCc1ccc(Br)cc1F)NCCC(=O)NC1CCCC1.I. The lowest BCUT2D eigenvalue weighted by Gasteiger charge is -2.14. The average molecular weight is 555 g/mol. The third-order valence-corrected chi connectivity index (χ3v) is 5.01. The van der Waals surface area contributed by atoms with Crippen LogP contribution in [0.3, 0.4) is 0 Å². The van der Waals surface area contributed by atoms with E-state index in [0.29, 0.717) is 43.5 Å². The normalized spacial score (nSPS) is 14.6. The highest BCUT2D eigenvalue weighted by molar-refractivity contribution is 14.0. The molecule has 27 heavy (non-hydrogen) atoms. The molecule has 2 rings (SSSR count). The third-order valence-electron chi connectivity index (χ3n) is 4.52. The van der Waals surface area contributed by atoms with Crippen molar-refractivity contribution in [3.63, 3.8) is 0 Å². The van der Waals surface area contributed by atoms with Crippen LogP contribution in [0.25, 0.3) is 0 Å². The molecule has 0 aromatic heterocycles. The lowest BCUT2D eigenvalue weighted by Crippen LogP contribution is -2.40. The Balaban J connectivity index is 0.00000364. The zero-order valence-corrected chi connectivity index (χ0v) is 19.6. The minimum absolute atomic E-state index is 0. The van der Waals surface area contributed by atoms with Crippen molar-refractivity contribution in [1.82, 2.24) is 16.0 Å². The molecular weight excluding hydrogens is 526 g/mol. The molecule has 1 aliphatic rings. The molecule has 1 fully saturated rings. The molecule has 1 saturated carbocycles. The van der Waals surface area contributed by atoms with Gasteiger partial charge in [-0.25, -0.2) is 4.39 Å². The van der Waals surface area contributed by atoms with Crippen molar-refractivity contribution in [2.45, 2.75) is 51.0 Å². The molecule has 152 valence electrons. The third kappa shape index (κ3) is 9.23. The van der Waals surface area contributed by atoms with E-state index < -0.39 is 0 Å². The Hall–Kier alpha value is -0.900. The molecule has 1 amide bonds. The number of guanidine groups is 1. The molecule has 1 aliphatic carbocycles. The summed E-state index contributed by atoms with van der Waals surface area (Å²) >= 11 is 3.26. The first-order valence-electron chi connectivity index (χ1n) is 9.26. The first-order chi connectivity index (χ1) is 12.6. The van der Waals surface area contributed by atoms with E-state index in [2.05, 4.69) is 36.9 Å². The Morgan fingerprint density at radius 3 is 2.63 bits per heavy atom. The van der Waals surface area contributed by atoms with Gasteiger partial charge < -0.3 is 16.0 Å². The van der Waals surface area contributed by atoms with Gasteiger partial charge in [0.25, 0.3) is 0 Å². The second kappa shape index (κ2) is 13.3. The molecule has 8 heteroatoms. The van der Waals surface area contributed by atoms with Gasteiger partial charge in [-0.1, -0.05) is 34.8 Å². The number of hydrogen-bond acceptors (Lipinski definition) is 2. The van der Waals surface area contributed by atoms with Crippen LogP contribution in [0.2, 0.25) is 0 Å². The molecule has 3 N–H and O–H groups in total. The quantitative estimate of drug-likeness (QED) is 0.198. The van der Waals surface area contributed by atoms with E-state index >= 15 is 0 Å². The molecule has 0 spiro atoms. The highest BCUT2D eigenvalue weighted by Gasteiger charge is 2.16. The molecule has 0 aliphatic heterocycles. The summed E-state index contributed by atoms with van der Waals surface area (Å²) in [5, 5.41) is 9.41. The van der Waals surface area contributed by atoms with Gasteiger partial charge in [-0.05, 0) is 43.4 Å². The topological polar surface area (TPSA) is 65.5 Å². The van der Waals surface area contributed by atoms with E-state index in [0.717, 1.165) is 23.7 Å². The van der Waals surface area contributed by atoms with Gasteiger partial charge in [-0.2, -0.15) is 0 Å². The number of hydrogen-bond donors (Lipinski definition) is 3. The summed E-state index contributed by atoms with van der Waals surface area (Å²) in [5.74, 6) is 0.565. The highest BCUT2D eigenvalue weighted by Crippen LogP contribution is 2.17. The summed E-state index contributed by atoms with van der Waals surface area (Å²) in [6.07, 6.45) is 6.51. The number of rotatable bonds is 8. The fraction of sp³-hybridized carbons (Fsp3) is 0.579. The van der Waals surface area contributed by atoms with Crippen LogP contribution >= 0.6 is 39.9 Å². The molecule has 0 unspecified atom stereocenters. The van der Waals surface area contributed by atoms with Crippen LogP contribution in [0.4, 0.5) is 4.39 Å². The molecule has 0 radical (unpaired) electrons. The van der Waals surface area contributed by atoms with E-state index in [1.807, 2.05) is 6.07 Å². The molecular formula is C19H29BrFIN4O. The van der Waals surface area contributed by atoms with Gasteiger partial charge in [0.05, 0.1) is 0 Å². The Kier molecular flexibility index (Phi) is 11.9. The van der Waals surface area contributed by atoms with E-state index in [9.17, 15) is 9.18 Å². The Labute approximate surface area is 186 Å². The predicted molar refractivity (Wildman–Crippen MR) is 122 cm³/mol. The number of benzene rings is 1. The van der Waals surface area contributed by atoms with Crippen LogP contribution in [-0.4, -0.2) is 38.0 Å². The minimum Gasteiger partial charge on any atom is -0.356 e. The highest BCUT2D eigenvalue weighted by atomic mass is 127.